The molecule has 1 unspecified atom stereocenters. The van der Waals surface area contributed by atoms with E-state index >= 15 is 0 Å². The van der Waals surface area contributed by atoms with E-state index in [1.54, 1.807) is 6.92 Å². The molecular formula is C13H24O3. The topological polar surface area (TPSA) is 35.5 Å². The standard InChI is InChI=1S/C13H24O3/c1-11(6-5-7-12(2)14)10-16-13-8-3-4-9-15-13/h11,13H,3-10H2,1-2H3/t11?,13-/m0/s1. The molecule has 0 radical (unpaired) electrons. The van der Waals surface area contributed by atoms with Crippen LogP contribution in [0.1, 0.15) is 52.4 Å². The molecule has 0 N–H and O–H groups in total. The molecule has 1 saturated heterocycles. The summed E-state index contributed by atoms with van der Waals surface area (Å²) in [7, 11) is 0. The number of ketones is 1. The molecule has 0 spiro atoms. The van der Waals surface area contributed by atoms with Gasteiger partial charge in [-0.3, -0.25) is 0 Å². The number of carbonyl (C=O) groups is 1. The van der Waals surface area contributed by atoms with Gasteiger partial charge in [0.1, 0.15) is 5.78 Å². The van der Waals surface area contributed by atoms with Gasteiger partial charge in [0, 0.05) is 13.0 Å². The monoisotopic (exact) mass is 228 g/mol. The Labute approximate surface area is 98.5 Å². The van der Waals surface area contributed by atoms with E-state index in [2.05, 4.69) is 6.92 Å². The molecule has 0 aliphatic carbocycles. The van der Waals surface area contributed by atoms with Crippen molar-refractivity contribution in [3.8, 4) is 0 Å². The van der Waals surface area contributed by atoms with Gasteiger partial charge in [0.15, 0.2) is 6.29 Å². The largest absolute Gasteiger partial charge is 0.353 e. The molecule has 0 aromatic rings. The molecule has 1 rings (SSSR count). The Balaban J connectivity index is 2.00. The minimum absolute atomic E-state index is 0.0176. The van der Waals surface area contributed by atoms with E-state index in [1.165, 1.54) is 6.42 Å². The molecule has 1 aliphatic heterocycles. The van der Waals surface area contributed by atoms with Gasteiger partial charge in [0.05, 0.1) is 6.61 Å². The molecule has 1 heterocycles. The van der Waals surface area contributed by atoms with Crippen molar-refractivity contribution in [2.75, 3.05) is 13.2 Å². The maximum atomic E-state index is 10.8. The lowest BCUT2D eigenvalue weighted by Crippen LogP contribution is -2.24. The third-order valence-corrected chi connectivity index (χ3v) is 2.93. The molecule has 16 heavy (non-hydrogen) atoms. The highest BCUT2D eigenvalue weighted by molar-refractivity contribution is 5.75. The number of rotatable bonds is 7. The Morgan fingerprint density at radius 1 is 1.50 bits per heavy atom. The first kappa shape index (κ1) is 13.7. The van der Waals surface area contributed by atoms with Crippen molar-refractivity contribution < 1.29 is 14.3 Å². The summed E-state index contributed by atoms with van der Waals surface area (Å²) in [6, 6.07) is 0. The van der Waals surface area contributed by atoms with Crippen LogP contribution in [0.15, 0.2) is 0 Å². The zero-order valence-corrected chi connectivity index (χ0v) is 10.5. The fraction of sp³-hybridized carbons (Fsp3) is 0.923. The number of Topliss-reactive ketones (excluding diaryl/α,β-unsaturated/α-hetero) is 1. The highest BCUT2D eigenvalue weighted by Gasteiger charge is 2.15. The Kier molecular flexibility index (Phi) is 6.65. The van der Waals surface area contributed by atoms with Crippen LogP contribution in [0.4, 0.5) is 0 Å². The Hall–Kier alpha value is -0.410. The lowest BCUT2D eigenvalue weighted by atomic mass is 10.0. The summed E-state index contributed by atoms with van der Waals surface area (Å²) in [6.45, 7) is 5.41. The minimum atomic E-state index is 0.0176. The van der Waals surface area contributed by atoms with E-state index < -0.39 is 0 Å². The van der Waals surface area contributed by atoms with Crippen LogP contribution in [0, 0.1) is 5.92 Å². The zero-order valence-electron chi connectivity index (χ0n) is 10.5. The van der Waals surface area contributed by atoms with Crippen LogP contribution in [0.3, 0.4) is 0 Å². The van der Waals surface area contributed by atoms with Gasteiger partial charge in [0.2, 0.25) is 0 Å². The van der Waals surface area contributed by atoms with E-state index in [1.807, 2.05) is 0 Å². The number of hydrogen-bond donors (Lipinski definition) is 0. The first-order valence-electron chi connectivity index (χ1n) is 6.41. The Bertz CT molecular complexity index is 197. The van der Waals surface area contributed by atoms with Gasteiger partial charge in [-0.05, 0) is 44.9 Å². The van der Waals surface area contributed by atoms with Crippen LogP contribution in [0.25, 0.3) is 0 Å². The van der Waals surface area contributed by atoms with Gasteiger partial charge in [0.25, 0.3) is 0 Å². The molecule has 0 amide bonds. The lowest BCUT2D eigenvalue weighted by molar-refractivity contribution is -0.168. The zero-order chi connectivity index (χ0) is 11.8. The first-order chi connectivity index (χ1) is 7.68. The van der Waals surface area contributed by atoms with Gasteiger partial charge in [-0.1, -0.05) is 6.92 Å². The molecular weight excluding hydrogens is 204 g/mol. The second-order valence-corrected chi connectivity index (χ2v) is 4.83. The van der Waals surface area contributed by atoms with Crippen molar-refractivity contribution in [1.29, 1.82) is 0 Å². The highest BCUT2D eigenvalue weighted by Crippen LogP contribution is 2.16. The second kappa shape index (κ2) is 7.80. The van der Waals surface area contributed by atoms with Gasteiger partial charge in [-0.2, -0.15) is 0 Å². The lowest BCUT2D eigenvalue weighted by Gasteiger charge is -2.24. The van der Waals surface area contributed by atoms with Crippen molar-refractivity contribution in [2.45, 2.75) is 58.7 Å². The van der Waals surface area contributed by atoms with E-state index in [0.29, 0.717) is 12.3 Å². The average Bonchev–Trinajstić information content (AvgIpc) is 2.27. The van der Waals surface area contributed by atoms with Crippen LogP contribution in [0.5, 0.6) is 0 Å². The smallest absolute Gasteiger partial charge is 0.157 e. The van der Waals surface area contributed by atoms with E-state index in [-0.39, 0.29) is 12.1 Å². The molecule has 2 atom stereocenters. The van der Waals surface area contributed by atoms with Crippen molar-refractivity contribution in [3.63, 3.8) is 0 Å². The van der Waals surface area contributed by atoms with Crippen LogP contribution >= 0.6 is 0 Å². The highest BCUT2D eigenvalue weighted by atomic mass is 16.7. The Morgan fingerprint density at radius 2 is 2.31 bits per heavy atom. The van der Waals surface area contributed by atoms with E-state index in [9.17, 15) is 4.79 Å². The van der Waals surface area contributed by atoms with Crippen molar-refractivity contribution in [2.24, 2.45) is 5.92 Å². The van der Waals surface area contributed by atoms with Crippen LogP contribution in [-0.2, 0) is 14.3 Å². The molecule has 0 aromatic carbocycles. The van der Waals surface area contributed by atoms with E-state index in [4.69, 9.17) is 9.47 Å². The SMILES string of the molecule is CC(=O)CCCC(C)CO[C@H]1CCCCO1. The molecule has 1 aliphatic rings. The van der Waals surface area contributed by atoms with Gasteiger partial charge in [-0.15, -0.1) is 0 Å². The maximum absolute atomic E-state index is 10.8. The predicted octanol–water partition coefficient (Wildman–Crippen LogP) is 2.93. The van der Waals surface area contributed by atoms with Crippen LogP contribution < -0.4 is 0 Å². The number of ether oxygens (including phenoxy) is 2. The Morgan fingerprint density at radius 3 is 2.94 bits per heavy atom. The molecule has 94 valence electrons. The van der Waals surface area contributed by atoms with Gasteiger partial charge in [-0.25, -0.2) is 0 Å². The normalized spacial score (nSPS) is 23.0. The second-order valence-electron chi connectivity index (χ2n) is 4.83. The number of hydrogen-bond acceptors (Lipinski definition) is 3. The van der Waals surface area contributed by atoms with Gasteiger partial charge < -0.3 is 14.3 Å². The molecule has 0 bridgehead atoms. The third kappa shape index (κ3) is 6.23. The summed E-state index contributed by atoms with van der Waals surface area (Å²) >= 11 is 0. The summed E-state index contributed by atoms with van der Waals surface area (Å²) in [5.41, 5.74) is 0. The van der Waals surface area contributed by atoms with Crippen LogP contribution in [-0.4, -0.2) is 25.3 Å². The van der Waals surface area contributed by atoms with E-state index in [0.717, 1.165) is 38.9 Å². The predicted molar refractivity (Wildman–Crippen MR) is 63.2 cm³/mol. The molecule has 3 heteroatoms. The van der Waals surface area contributed by atoms with Gasteiger partial charge >= 0.3 is 0 Å². The van der Waals surface area contributed by atoms with Crippen molar-refractivity contribution in [3.05, 3.63) is 0 Å². The molecule has 1 fully saturated rings. The fourth-order valence-electron chi connectivity index (χ4n) is 1.90. The first-order valence-corrected chi connectivity index (χ1v) is 6.41. The fourth-order valence-corrected chi connectivity index (χ4v) is 1.90. The average molecular weight is 228 g/mol. The third-order valence-electron chi connectivity index (χ3n) is 2.93. The summed E-state index contributed by atoms with van der Waals surface area (Å²) < 4.78 is 11.2. The summed E-state index contributed by atoms with van der Waals surface area (Å²) in [4.78, 5) is 10.8. The van der Waals surface area contributed by atoms with Crippen molar-refractivity contribution in [1.82, 2.24) is 0 Å². The molecule has 0 saturated carbocycles. The van der Waals surface area contributed by atoms with Crippen LogP contribution in [0.2, 0.25) is 0 Å². The summed E-state index contributed by atoms with van der Waals surface area (Å²) in [5.74, 6) is 0.800. The maximum Gasteiger partial charge on any atom is 0.157 e. The summed E-state index contributed by atoms with van der Waals surface area (Å²) in [6.07, 6.45) is 6.16. The summed E-state index contributed by atoms with van der Waals surface area (Å²) in [5, 5.41) is 0. The molecule has 0 aromatic heterocycles. The van der Waals surface area contributed by atoms with Crippen molar-refractivity contribution >= 4 is 5.78 Å². The quantitative estimate of drug-likeness (QED) is 0.672. The minimum Gasteiger partial charge on any atom is -0.353 e. The molecule has 3 nitrogen and oxygen atoms in total. The number of carbonyl (C=O) groups excluding carboxylic acids is 1.